The Balaban J connectivity index is 1.05. The monoisotopic (exact) mass is 622 g/mol. The van der Waals surface area contributed by atoms with Crippen LogP contribution in [0.1, 0.15) is 59.4 Å². The van der Waals surface area contributed by atoms with Crippen molar-refractivity contribution < 1.29 is 19.2 Å². The standard InChI is InChI=1S/C36H42N6O4/c1-35(2)16-29(35)34(46)41-23-36(24-41)22-40(33(45)27-17-37-42(19-27)18-25-10-5-3-6-11-25)21-30(36)31(43)38-28-14-9-15-39(20-28)32(44)26-12-7-4-8-13-26/h3-8,10-13,17,19,28-30H,9,14-16,18,20-24H2,1-2H3,(H,38,43)/t28?,29-,30+/m1/s1. The fraction of sp³-hybridized carbons (Fsp3) is 0.472. The lowest BCUT2D eigenvalue weighted by molar-refractivity contribution is -0.151. The van der Waals surface area contributed by atoms with E-state index in [1.54, 1.807) is 22.0 Å². The van der Waals surface area contributed by atoms with E-state index in [0.717, 1.165) is 24.8 Å². The van der Waals surface area contributed by atoms with Crippen molar-refractivity contribution in [2.24, 2.45) is 22.7 Å². The number of aromatic nitrogens is 2. The molecule has 46 heavy (non-hydrogen) atoms. The Morgan fingerprint density at radius 3 is 2.17 bits per heavy atom. The maximum Gasteiger partial charge on any atom is 0.257 e. The molecule has 4 fully saturated rings. The van der Waals surface area contributed by atoms with Crippen molar-refractivity contribution in [2.75, 3.05) is 39.3 Å². The Kier molecular flexibility index (Phi) is 7.69. The van der Waals surface area contributed by atoms with E-state index in [-0.39, 0.29) is 47.5 Å². The fourth-order valence-electron chi connectivity index (χ4n) is 7.64. The molecule has 1 saturated carbocycles. The number of hydrogen-bond acceptors (Lipinski definition) is 5. The van der Waals surface area contributed by atoms with Gasteiger partial charge in [-0.2, -0.15) is 5.10 Å². The molecule has 4 heterocycles. The number of hydrogen-bond donors (Lipinski definition) is 1. The van der Waals surface area contributed by atoms with Crippen molar-refractivity contribution in [1.82, 2.24) is 29.8 Å². The molecule has 4 amide bonds. The summed E-state index contributed by atoms with van der Waals surface area (Å²) >= 11 is 0. The molecule has 1 unspecified atom stereocenters. The van der Waals surface area contributed by atoms with Gasteiger partial charge in [-0.15, -0.1) is 0 Å². The van der Waals surface area contributed by atoms with Gasteiger partial charge in [-0.3, -0.25) is 23.9 Å². The van der Waals surface area contributed by atoms with E-state index in [9.17, 15) is 19.2 Å². The molecule has 10 heteroatoms. The van der Waals surface area contributed by atoms with Gasteiger partial charge in [0.2, 0.25) is 11.8 Å². The quantitative estimate of drug-likeness (QED) is 0.435. The van der Waals surface area contributed by atoms with Gasteiger partial charge in [0.25, 0.3) is 11.8 Å². The van der Waals surface area contributed by atoms with Crippen molar-refractivity contribution in [3.8, 4) is 0 Å². The highest BCUT2D eigenvalue weighted by molar-refractivity contribution is 5.95. The molecule has 3 atom stereocenters. The van der Waals surface area contributed by atoms with Crippen LogP contribution in [0.15, 0.2) is 73.1 Å². The molecule has 1 spiro atoms. The second-order valence-electron chi connectivity index (χ2n) is 14.4. The van der Waals surface area contributed by atoms with Gasteiger partial charge in [-0.1, -0.05) is 62.4 Å². The van der Waals surface area contributed by atoms with Gasteiger partial charge in [0.05, 0.1) is 24.2 Å². The highest BCUT2D eigenvalue weighted by Crippen LogP contribution is 2.54. The molecule has 0 radical (unpaired) electrons. The van der Waals surface area contributed by atoms with E-state index in [4.69, 9.17) is 0 Å². The first-order valence-electron chi connectivity index (χ1n) is 16.4. The summed E-state index contributed by atoms with van der Waals surface area (Å²) in [4.78, 5) is 59.7. The van der Waals surface area contributed by atoms with Crippen LogP contribution in [0.3, 0.4) is 0 Å². The van der Waals surface area contributed by atoms with E-state index in [0.29, 0.717) is 50.4 Å². The molecule has 10 nitrogen and oxygen atoms in total. The number of carbonyl (C=O) groups is 4. The minimum Gasteiger partial charge on any atom is -0.351 e. The van der Waals surface area contributed by atoms with Crippen LogP contribution < -0.4 is 5.32 Å². The van der Waals surface area contributed by atoms with Crippen molar-refractivity contribution in [2.45, 2.75) is 45.7 Å². The molecule has 3 saturated heterocycles. The lowest BCUT2D eigenvalue weighted by Gasteiger charge is -2.50. The molecular formula is C36H42N6O4. The topological polar surface area (TPSA) is 108 Å². The van der Waals surface area contributed by atoms with Crippen LogP contribution in [-0.4, -0.2) is 93.4 Å². The van der Waals surface area contributed by atoms with Crippen molar-refractivity contribution in [3.05, 3.63) is 89.7 Å². The predicted octanol–water partition coefficient (Wildman–Crippen LogP) is 3.30. The third kappa shape index (κ3) is 5.81. The van der Waals surface area contributed by atoms with Crippen LogP contribution in [0.2, 0.25) is 0 Å². The van der Waals surface area contributed by atoms with Crippen LogP contribution >= 0.6 is 0 Å². The fourth-order valence-corrected chi connectivity index (χ4v) is 7.64. The summed E-state index contributed by atoms with van der Waals surface area (Å²) in [6.45, 7) is 7.53. The predicted molar refractivity (Wildman–Crippen MR) is 172 cm³/mol. The lowest BCUT2D eigenvalue weighted by Crippen LogP contribution is -2.65. The molecule has 240 valence electrons. The maximum absolute atomic E-state index is 14.0. The van der Waals surface area contributed by atoms with Crippen LogP contribution in [0.5, 0.6) is 0 Å². The summed E-state index contributed by atoms with van der Waals surface area (Å²) in [6.07, 6.45) is 5.83. The van der Waals surface area contributed by atoms with E-state index in [1.165, 1.54) is 0 Å². The highest BCUT2D eigenvalue weighted by Gasteiger charge is 2.62. The first kappa shape index (κ1) is 30.2. The lowest BCUT2D eigenvalue weighted by atomic mass is 9.70. The number of nitrogens with zero attached hydrogens (tertiary/aromatic N) is 5. The van der Waals surface area contributed by atoms with Gasteiger partial charge >= 0.3 is 0 Å². The Hall–Kier alpha value is -4.47. The number of rotatable bonds is 7. The average molecular weight is 623 g/mol. The SMILES string of the molecule is CC1(C)C[C@@H]1C(=O)N1CC2(CN(C(=O)c3cnn(Cc4ccccc4)c3)C[C@H]2C(=O)NC2CCCN(C(=O)c3ccccc3)C2)C1. The second-order valence-corrected chi connectivity index (χ2v) is 14.4. The van der Waals surface area contributed by atoms with Crippen LogP contribution in [0.25, 0.3) is 0 Å². The van der Waals surface area contributed by atoms with Gasteiger partial charge in [-0.25, -0.2) is 0 Å². The third-order valence-electron chi connectivity index (χ3n) is 10.5. The van der Waals surface area contributed by atoms with Gasteiger partial charge in [0.15, 0.2) is 0 Å². The summed E-state index contributed by atoms with van der Waals surface area (Å²) < 4.78 is 1.76. The maximum atomic E-state index is 14.0. The summed E-state index contributed by atoms with van der Waals surface area (Å²) in [5, 5.41) is 7.68. The van der Waals surface area contributed by atoms with E-state index in [2.05, 4.69) is 24.3 Å². The van der Waals surface area contributed by atoms with E-state index < -0.39 is 11.3 Å². The Morgan fingerprint density at radius 1 is 0.826 bits per heavy atom. The van der Waals surface area contributed by atoms with Crippen molar-refractivity contribution in [3.63, 3.8) is 0 Å². The molecule has 3 aromatic rings. The molecule has 2 aromatic carbocycles. The Labute approximate surface area is 269 Å². The Morgan fingerprint density at radius 2 is 1.48 bits per heavy atom. The second kappa shape index (κ2) is 11.7. The normalized spacial score (nSPS) is 24.4. The van der Waals surface area contributed by atoms with E-state index >= 15 is 0 Å². The molecule has 3 aliphatic heterocycles. The first-order valence-corrected chi connectivity index (χ1v) is 16.4. The van der Waals surface area contributed by atoms with Gasteiger partial charge in [-0.05, 0) is 42.4 Å². The van der Waals surface area contributed by atoms with Gasteiger partial charge in [0.1, 0.15) is 0 Å². The largest absolute Gasteiger partial charge is 0.351 e. The molecule has 7 rings (SSSR count). The van der Waals surface area contributed by atoms with Gasteiger partial charge < -0.3 is 20.0 Å². The van der Waals surface area contributed by atoms with Gasteiger partial charge in [0, 0.05) is 68.4 Å². The average Bonchev–Trinajstić information content (AvgIpc) is 3.36. The van der Waals surface area contributed by atoms with Crippen LogP contribution in [0, 0.1) is 22.7 Å². The molecule has 1 N–H and O–H groups in total. The molecule has 0 bridgehead atoms. The minimum atomic E-state index is -0.497. The first-order chi connectivity index (χ1) is 22.1. The zero-order valence-electron chi connectivity index (χ0n) is 26.6. The summed E-state index contributed by atoms with van der Waals surface area (Å²) in [7, 11) is 0. The number of carbonyl (C=O) groups excluding carboxylic acids is 4. The van der Waals surface area contributed by atoms with E-state index in [1.807, 2.05) is 70.5 Å². The summed E-state index contributed by atoms with van der Waals surface area (Å²) in [5.41, 5.74) is 1.75. The molecular weight excluding hydrogens is 580 g/mol. The van der Waals surface area contributed by atoms with Crippen LogP contribution in [-0.2, 0) is 16.1 Å². The zero-order valence-corrected chi connectivity index (χ0v) is 26.6. The number of amides is 4. The zero-order chi connectivity index (χ0) is 32.1. The molecule has 1 aliphatic carbocycles. The third-order valence-corrected chi connectivity index (χ3v) is 10.5. The smallest absolute Gasteiger partial charge is 0.257 e. The molecule has 1 aromatic heterocycles. The summed E-state index contributed by atoms with van der Waals surface area (Å²) in [6, 6.07) is 19.0. The number of benzene rings is 2. The van der Waals surface area contributed by atoms with Crippen molar-refractivity contribution in [1.29, 1.82) is 0 Å². The number of likely N-dealkylation sites (tertiary alicyclic amines) is 3. The van der Waals surface area contributed by atoms with Crippen molar-refractivity contribution >= 4 is 23.6 Å². The highest BCUT2D eigenvalue weighted by atomic mass is 16.2. The minimum absolute atomic E-state index is 0.0260. The Bertz CT molecular complexity index is 1630. The number of piperidine rings is 1. The number of nitrogens with one attached hydrogen (secondary N) is 1. The summed E-state index contributed by atoms with van der Waals surface area (Å²) in [5.74, 6) is -0.552. The van der Waals surface area contributed by atoms with Crippen LogP contribution in [0.4, 0.5) is 0 Å². The molecule has 4 aliphatic rings.